The minimum absolute atomic E-state index is 0.186. The molecule has 1 heterocycles. The summed E-state index contributed by atoms with van der Waals surface area (Å²) >= 11 is 6.48. The molecule has 0 radical (unpaired) electrons. The number of halogens is 1. The summed E-state index contributed by atoms with van der Waals surface area (Å²) < 4.78 is 0. The van der Waals surface area contributed by atoms with Gasteiger partial charge in [0.2, 0.25) is 0 Å². The molecule has 2 aliphatic rings. The van der Waals surface area contributed by atoms with Crippen LogP contribution < -0.4 is 5.32 Å². The van der Waals surface area contributed by atoms with E-state index in [2.05, 4.69) is 74.6 Å². The maximum atomic E-state index is 6.48. The third-order valence-electron chi connectivity index (χ3n) is 5.48. The zero-order chi connectivity index (χ0) is 16.9. The summed E-state index contributed by atoms with van der Waals surface area (Å²) in [6, 6.07) is 15.7. The van der Waals surface area contributed by atoms with Gasteiger partial charge in [-0.1, -0.05) is 80.9 Å². The van der Waals surface area contributed by atoms with Gasteiger partial charge in [0.1, 0.15) is 0 Å². The lowest BCUT2D eigenvalue weighted by Crippen LogP contribution is -2.29. The van der Waals surface area contributed by atoms with E-state index in [9.17, 15) is 0 Å². The number of nitrogens with one attached hydrogen (secondary N) is 1. The largest absolute Gasteiger partial charge is 0.376 e. The first-order valence-corrected chi connectivity index (χ1v) is 9.15. The average Bonchev–Trinajstić information content (AvgIpc) is 3.04. The molecule has 1 aliphatic heterocycles. The highest BCUT2D eigenvalue weighted by molar-refractivity contribution is 6.33. The fourth-order valence-electron chi connectivity index (χ4n) is 4.10. The number of para-hydroxylation sites is 1. The molecule has 0 amide bonds. The van der Waals surface area contributed by atoms with Crippen LogP contribution >= 0.6 is 11.6 Å². The molecular formula is C22H24ClN. The average molecular weight is 338 g/mol. The minimum atomic E-state index is 0.186. The van der Waals surface area contributed by atoms with E-state index in [4.69, 9.17) is 11.6 Å². The van der Waals surface area contributed by atoms with Crippen molar-refractivity contribution < 1.29 is 0 Å². The van der Waals surface area contributed by atoms with Crippen LogP contribution in [0.5, 0.6) is 0 Å². The van der Waals surface area contributed by atoms with Crippen LogP contribution in [0.25, 0.3) is 0 Å². The number of benzene rings is 2. The van der Waals surface area contributed by atoms with Gasteiger partial charge in [0.15, 0.2) is 0 Å². The number of fused-ring (bicyclic) bond motifs is 3. The molecule has 0 saturated heterocycles. The zero-order valence-electron chi connectivity index (χ0n) is 14.5. The van der Waals surface area contributed by atoms with Crippen molar-refractivity contribution in [2.45, 2.75) is 44.6 Å². The Labute approximate surface area is 149 Å². The van der Waals surface area contributed by atoms with Crippen molar-refractivity contribution in [1.82, 2.24) is 0 Å². The molecule has 0 fully saturated rings. The summed E-state index contributed by atoms with van der Waals surface area (Å²) in [7, 11) is 0. The highest BCUT2D eigenvalue weighted by atomic mass is 35.5. The SMILES string of the molecule is CC(C)(C)c1ccc([C@@H]2Nc3c(Cl)cccc3[C@@H]3C=CC[C@H]32)cc1. The number of allylic oxidation sites excluding steroid dienone is 2. The van der Waals surface area contributed by atoms with Crippen LogP contribution in [-0.4, -0.2) is 0 Å². The van der Waals surface area contributed by atoms with Crippen molar-refractivity contribution >= 4 is 17.3 Å². The first-order valence-electron chi connectivity index (χ1n) is 8.77. The van der Waals surface area contributed by atoms with Gasteiger partial charge < -0.3 is 5.32 Å². The Bertz CT molecular complexity index is 783. The molecule has 24 heavy (non-hydrogen) atoms. The highest BCUT2D eigenvalue weighted by Crippen LogP contribution is 2.51. The molecule has 1 N–H and O–H groups in total. The van der Waals surface area contributed by atoms with E-state index >= 15 is 0 Å². The van der Waals surface area contributed by atoms with Gasteiger partial charge in [0, 0.05) is 5.92 Å². The summed E-state index contributed by atoms with van der Waals surface area (Å²) in [6.45, 7) is 6.77. The maximum Gasteiger partial charge on any atom is 0.0640 e. The molecule has 2 heteroatoms. The Kier molecular flexibility index (Phi) is 3.73. The van der Waals surface area contributed by atoms with Crippen molar-refractivity contribution in [1.29, 1.82) is 0 Å². The number of hydrogen-bond donors (Lipinski definition) is 1. The number of anilines is 1. The molecule has 0 spiro atoms. The van der Waals surface area contributed by atoms with Crippen LogP contribution in [-0.2, 0) is 5.41 Å². The van der Waals surface area contributed by atoms with E-state index in [0.29, 0.717) is 17.9 Å². The van der Waals surface area contributed by atoms with Crippen LogP contribution in [0.4, 0.5) is 5.69 Å². The van der Waals surface area contributed by atoms with E-state index in [-0.39, 0.29) is 5.41 Å². The normalized spacial score (nSPS) is 25.1. The van der Waals surface area contributed by atoms with Crippen molar-refractivity contribution in [3.05, 3.63) is 76.3 Å². The Morgan fingerprint density at radius 1 is 1.04 bits per heavy atom. The second kappa shape index (κ2) is 5.67. The lowest BCUT2D eigenvalue weighted by atomic mass is 9.76. The fraction of sp³-hybridized carbons (Fsp3) is 0.364. The second-order valence-corrected chi connectivity index (χ2v) is 8.46. The summed E-state index contributed by atoms with van der Waals surface area (Å²) in [5.74, 6) is 1.03. The molecule has 0 saturated carbocycles. The summed E-state index contributed by atoms with van der Waals surface area (Å²) in [6.07, 6.45) is 5.80. The monoisotopic (exact) mass is 337 g/mol. The van der Waals surface area contributed by atoms with Crippen LogP contribution in [0.2, 0.25) is 5.02 Å². The van der Waals surface area contributed by atoms with Gasteiger partial charge in [0.05, 0.1) is 16.8 Å². The van der Waals surface area contributed by atoms with Gasteiger partial charge in [-0.2, -0.15) is 0 Å². The molecule has 0 aromatic heterocycles. The van der Waals surface area contributed by atoms with Crippen molar-refractivity contribution in [3.8, 4) is 0 Å². The van der Waals surface area contributed by atoms with Crippen LogP contribution in [0, 0.1) is 5.92 Å². The highest BCUT2D eigenvalue weighted by Gasteiger charge is 2.38. The predicted octanol–water partition coefficient (Wildman–Crippen LogP) is 6.46. The Hall–Kier alpha value is -1.73. The molecular weight excluding hydrogens is 314 g/mol. The summed E-state index contributed by atoms with van der Waals surface area (Å²) in [5, 5.41) is 4.56. The third-order valence-corrected chi connectivity index (χ3v) is 5.80. The van der Waals surface area contributed by atoms with Crippen LogP contribution in [0.1, 0.15) is 55.8 Å². The van der Waals surface area contributed by atoms with E-state index in [0.717, 1.165) is 17.1 Å². The van der Waals surface area contributed by atoms with Crippen molar-refractivity contribution in [3.63, 3.8) is 0 Å². The molecule has 4 rings (SSSR count). The Morgan fingerprint density at radius 3 is 2.50 bits per heavy atom. The number of rotatable bonds is 1. The quantitative estimate of drug-likeness (QED) is 0.588. The lowest BCUT2D eigenvalue weighted by Gasteiger charge is -2.38. The molecule has 2 aromatic carbocycles. The minimum Gasteiger partial charge on any atom is -0.376 e. The molecule has 0 bridgehead atoms. The lowest BCUT2D eigenvalue weighted by molar-refractivity contribution is 0.425. The molecule has 3 atom stereocenters. The van der Waals surface area contributed by atoms with Gasteiger partial charge in [-0.15, -0.1) is 0 Å². The van der Waals surface area contributed by atoms with E-state index in [1.54, 1.807) is 0 Å². The van der Waals surface area contributed by atoms with E-state index < -0.39 is 0 Å². The molecule has 0 unspecified atom stereocenters. The standard InChI is InChI=1S/C22H24ClN/c1-22(2,3)15-12-10-14(11-13-15)20-17-7-4-6-16(17)18-8-5-9-19(23)21(18)24-20/h4-6,8-13,16-17,20,24H,7H2,1-3H3/t16-,17-,20+/m1/s1. The van der Waals surface area contributed by atoms with Gasteiger partial charge in [0.25, 0.3) is 0 Å². The van der Waals surface area contributed by atoms with Gasteiger partial charge in [-0.05, 0) is 40.5 Å². The van der Waals surface area contributed by atoms with Crippen molar-refractivity contribution in [2.24, 2.45) is 5.92 Å². The van der Waals surface area contributed by atoms with Gasteiger partial charge in [-0.3, -0.25) is 0 Å². The first kappa shape index (κ1) is 15.8. The third kappa shape index (κ3) is 2.56. The molecule has 1 nitrogen and oxygen atoms in total. The Morgan fingerprint density at radius 2 is 1.79 bits per heavy atom. The predicted molar refractivity (Wildman–Crippen MR) is 103 cm³/mol. The van der Waals surface area contributed by atoms with E-state index in [1.807, 2.05) is 6.07 Å². The number of hydrogen-bond acceptors (Lipinski definition) is 1. The topological polar surface area (TPSA) is 12.0 Å². The zero-order valence-corrected chi connectivity index (χ0v) is 15.3. The van der Waals surface area contributed by atoms with Gasteiger partial charge in [-0.25, -0.2) is 0 Å². The Balaban J connectivity index is 1.73. The van der Waals surface area contributed by atoms with Crippen LogP contribution in [0.15, 0.2) is 54.6 Å². The summed E-state index contributed by atoms with van der Waals surface area (Å²) in [4.78, 5) is 0. The smallest absolute Gasteiger partial charge is 0.0640 e. The van der Waals surface area contributed by atoms with Crippen molar-refractivity contribution in [2.75, 3.05) is 5.32 Å². The maximum absolute atomic E-state index is 6.48. The van der Waals surface area contributed by atoms with Crippen LogP contribution in [0.3, 0.4) is 0 Å². The second-order valence-electron chi connectivity index (χ2n) is 8.05. The molecule has 1 aliphatic carbocycles. The molecule has 124 valence electrons. The fourth-order valence-corrected chi connectivity index (χ4v) is 4.34. The first-order chi connectivity index (χ1) is 11.4. The van der Waals surface area contributed by atoms with Gasteiger partial charge >= 0.3 is 0 Å². The van der Waals surface area contributed by atoms with E-state index in [1.165, 1.54) is 16.7 Å². The summed E-state index contributed by atoms with van der Waals surface area (Å²) in [5.41, 5.74) is 5.36. The molecule has 2 aromatic rings.